The first-order chi connectivity index (χ1) is 10.8. The van der Waals surface area contributed by atoms with Gasteiger partial charge in [0.2, 0.25) is 15.9 Å². The Morgan fingerprint density at radius 3 is 2.61 bits per heavy atom. The Balaban J connectivity index is 1.95. The van der Waals surface area contributed by atoms with E-state index in [9.17, 15) is 22.0 Å². The highest BCUT2D eigenvalue weighted by Crippen LogP contribution is 2.18. The normalized spacial score (nSPS) is 19.5. The van der Waals surface area contributed by atoms with Crippen LogP contribution < -0.4 is 10.0 Å². The zero-order chi connectivity index (χ0) is 17.0. The third-order valence-electron chi connectivity index (χ3n) is 3.52. The van der Waals surface area contributed by atoms with Gasteiger partial charge in [-0.3, -0.25) is 4.79 Å². The van der Waals surface area contributed by atoms with Gasteiger partial charge >= 0.3 is 0 Å². The van der Waals surface area contributed by atoms with Crippen molar-refractivity contribution >= 4 is 15.9 Å². The maximum atomic E-state index is 13.5. The van der Waals surface area contributed by atoms with E-state index in [1.807, 2.05) is 4.72 Å². The summed E-state index contributed by atoms with van der Waals surface area (Å²) in [6, 6.07) is 2.44. The molecule has 0 spiro atoms. The molecular weight excluding hydrogens is 330 g/mol. The van der Waals surface area contributed by atoms with Gasteiger partial charge < -0.3 is 10.1 Å². The van der Waals surface area contributed by atoms with E-state index in [0.29, 0.717) is 6.61 Å². The molecule has 1 aromatic rings. The maximum absolute atomic E-state index is 13.5. The highest BCUT2D eigenvalue weighted by Gasteiger charge is 2.26. The summed E-state index contributed by atoms with van der Waals surface area (Å²) in [7, 11) is -4.46. The summed E-state index contributed by atoms with van der Waals surface area (Å²) < 4.78 is 58.2. The molecule has 0 bridgehead atoms. The van der Waals surface area contributed by atoms with Crippen LogP contribution in [0.15, 0.2) is 23.1 Å². The number of carbonyl (C=O) groups excluding carboxylic acids is 1. The molecule has 0 unspecified atom stereocenters. The number of halogens is 2. The summed E-state index contributed by atoms with van der Waals surface area (Å²) >= 11 is 0. The van der Waals surface area contributed by atoms with Crippen molar-refractivity contribution in [1.82, 2.24) is 10.0 Å². The second-order valence-corrected chi connectivity index (χ2v) is 6.99. The fraction of sp³-hybridized carbons (Fsp3) is 0.500. The Labute approximate surface area is 133 Å². The van der Waals surface area contributed by atoms with Crippen LogP contribution in [-0.4, -0.2) is 39.6 Å². The minimum Gasteiger partial charge on any atom is -0.376 e. The van der Waals surface area contributed by atoms with E-state index in [0.717, 1.165) is 31.0 Å². The van der Waals surface area contributed by atoms with Crippen molar-refractivity contribution in [2.45, 2.75) is 36.8 Å². The van der Waals surface area contributed by atoms with Gasteiger partial charge in [-0.15, -0.1) is 0 Å². The van der Waals surface area contributed by atoms with Gasteiger partial charge in [-0.25, -0.2) is 21.9 Å². The number of carbonyl (C=O) groups is 1. The number of amides is 1. The SMILES string of the molecule is C[C@H](NC(=O)CNS(=O)(=O)c1c(F)cccc1F)[C@@H]1CCCO1. The number of rotatable bonds is 6. The lowest BCUT2D eigenvalue weighted by atomic mass is 10.1. The topological polar surface area (TPSA) is 84.5 Å². The zero-order valence-electron chi connectivity index (χ0n) is 12.5. The molecule has 128 valence electrons. The molecule has 1 aromatic carbocycles. The van der Waals surface area contributed by atoms with Gasteiger partial charge in [-0.1, -0.05) is 6.07 Å². The Bertz CT molecular complexity index is 655. The van der Waals surface area contributed by atoms with Crippen molar-refractivity contribution in [3.05, 3.63) is 29.8 Å². The molecule has 1 amide bonds. The van der Waals surface area contributed by atoms with E-state index in [2.05, 4.69) is 5.32 Å². The molecule has 23 heavy (non-hydrogen) atoms. The summed E-state index contributed by atoms with van der Waals surface area (Å²) in [5.41, 5.74) is 0. The van der Waals surface area contributed by atoms with Crippen molar-refractivity contribution in [3.63, 3.8) is 0 Å². The minimum atomic E-state index is -4.46. The average Bonchev–Trinajstić information content (AvgIpc) is 2.99. The third-order valence-corrected chi connectivity index (χ3v) is 4.97. The minimum absolute atomic E-state index is 0.112. The molecule has 0 aliphatic carbocycles. The lowest BCUT2D eigenvalue weighted by Crippen LogP contribution is -2.45. The molecule has 2 atom stereocenters. The van der Waals surface area contributed by atoms with E-state index >= 15 is 0 Å². The van der Waals surface area contributed by atoms with Gasteiger partial charge in [0.1, 0.15) is 11.6 Å². The van der Waals surface area contributed by atoms with Gasteiger partial charge in [-0.05, 0) is 31.9 Å². The Morgan fingerprint density at radius 1 is 1.39 bits per heavy atom. The van der Waals surface area contributed by atoms with Crippen LogP contribution in [0.5, 0.6) is 0 Å². The fourth-order valence-corrected chi connectivity index (χ4v) is 3.48. The highest BCUT2D eigenvalue weighted by atomic mass is 32.2. The van der Waals surface area contributed by atoms with E-state index in [-0.39, 0.29) is 12.1 Å². The van der Waals surface area contributed by atoms with E-state index < -0.39 is 39.0 Å². The van der Waals surface area contributed by atoms with Crippen LogP contribution in [-0.2, 0) is 19.6 Å². The molecular formula is C14H18F2N2O4S. The molecule has 0 saturated carbocycles. The molecule has 0 aromatic heterocycles. The molecule has 1 heterocycles. The molecule has 1 fully saturated rings. The summed E-state index contributed by atoms with van der Waals surface area (Å²) in [6.45, 7) is 1.76. The summed E-state index contributed by atoms with van der Waals surface area (Å²) in [5.74, 6) is -3.04. The second kappa shape index (κ2) is 7.33. The lowest BCUT2D eigenvalue weighted by molar-refractivity contribution is -0.121. The molecule has 2 rings (SSSR count). The van der Waals surface area contributed by atoms with Gasteiger partial charge in [0.25, 0.3) is 0 Å². The smallest absolute Gasteiger partial charge is 0.246 e. The molecule has 2 N–H and O–H groups in total. The van der Waals surface area contributed by atoms with Gasteiger partial charge in [0.15, 0.2) is 4.90 Å². The van der Waals surface area contributed by atoms with Crippen LogP contribution in [0, 0.1) is 11.6 Å². The molecule has 6 nitrogen and oxygen atoms in total. The molecule has 0 radical (unpaired) electrons. The van der Waals surface area contributed by atoms with Crippen LogP contribution in [0.2, 0.25) is 0 Å². The zero-order valence-corrected chi connectivity index (χ0v) is 13.3. The predicted octanol–water partition coefficient (Wildman–Crippen LogP) is 0.927. The lowest BCUT2D eigenvalue weighted by Gasteiger charge is -2.20. The summed E-state index contributed by atoms with van der Waals surface area (Å²) in [5, 5.41) is 2.60. The van der Waals surface area contributed by atoms with Gasteiger partial charge in [0, 0.05) is 6.61 Å². The van der Waals surface area contributed by atoms with Gasteiger partial charge in [0.05, 0.1) is 18.7 Å². The first-order valence-corrected chi connectivity index (χ1v) is 8.64. The average molecular weight is 348 g/mol. The molecule has 9 heteroatoms. The first kappa shape index (κ1) is 17.8. The second-order valence-electron chi connectivity index (χ2n) is 5.28. The number of hydrogen-bond donors (Lipinski definition) is 2. The van der Waals surface area contributed by atoms with Gasteiger partial charge in [-0.2, -0.15) is 0 Å². The molecule has 1 saturated heterocycles. The number of benzene rings is 1. The largest absolute Gasteiger partial charge is 0.376 e. The van der Waals surface area contributed by atoms with Crippen molar-refractivity contribution in [2.24, 2.45) is 0 Å². The van der Waals surface area contributed by atoms with Crippen LogP contribution in [0.25, 0.3) is 0 Å². The Morgan fingerprint density at radius 2 is 2.04 bits per heavy atom. The first-order valence-electron chi connectivity index (χ1n) is 7.16. The van der Waals surface area contributed by atoms with Crippen molar-refractivity contribution < 1.29 is 26.7 Å². The summed E-state index contributed by atoms with van der Waals surface area (Å²) in [4.78, 5) is 10.7. The van der Waals surface area contributed by atoms with Crippen LogP contribution in [0.1, 0.15) is 19.8 Å². The maximum Gasteiger partial charge on any atom is 0.246 e. The number of ether oxygens (including phenoxy) is 1. The van der Waals surface area contributed by atoms with E-state index in [4.69, 9.17) is 4.74 Å². The number of nitrogens with one attached hydrogen (secondary N) is 2. The Hall–Kier alpha value is -1.58. The van der Waals surface area contributed by atoms with Crippen LogP contribution in [0.3, 0.4) is 0 Å². The van der Waals surface area contributed by atoms with Crippen molar-refractivity contribution in [1.29, 1.82) is 0 Å². The molecule has 1 aliphatic rings. The number of hydrogen-bond acceptors (Lipinski definition) is 4. The number of sulfonamides is 1. The highest BCUT2D eigenvalue weighted by molar-refractivity contribution is 7.89. The monoisotopic (exact) mass is 348 g/mol. The van der Waals surface area contributed by atoms with Crippen molar-refractivity contribution in [2.75, 3.05) is 13.2 Å². The standard InChI is InChI=1S/C14H18F2N2O4S/c1-9(12-6-3-7-22-12)18-13(19)8-17-23(20,21)14-10(15)4-2-5-11(14)16/h2,4-5,9,12,17H,3,6-8H2,1H3,(H,18,19)/t9-,12-/m0/s1. The van der Waals surface area contributed by atoms with Crippen LogP contribution in [0.4, 0.5) is 8.78 Å². The molecule has 1 aliphatic heterocycles. The quantitative estimate of drug-likeness (QED) is 0.801. The third kappa shape index (κ3) is 4.46. The Kier molecular flexibility index (Phi) is 5.66. The van der Waals surface area contributed by atoms with E-state index in [1.54, 1.807) is 6.92 Å². The van der Waals surface area contributed by atoms with Crippen LogP contribution >= 0.6 is 0 Å². The summed E-state index contributed by atoms with van der Waals surface area (Å²) in [6.07, 6.45) is 1.61. The fourth-order valence-electron chi connectivity index (χ4n) is 2.37. The van der Waals surface area contributed by atoms with E-state index in [1.165, 1.54) is 0 Å². The van der Waals surface area contributed by atoms with Crippen molar-refractivity contribution in [3.8, 4) is 0 Å². The predicted molar refractivity (Wildman–Crippen MR) is 78.1 cm³/mol.